The van der Waals surface area contributed by atoms with Gasteiger partial charge in [-0.05, 0) is 54.3 Å². The van der Waals surface area contributed by atoms with Crippen LogP contribution in [0.25, 0.3) is 16.6 Å². The summed E-state index contributed by atoms with van der Waals surface area (Å²) in [5.74, 6) is -2.04. The van der Waals surface area contributed by atoms with Gasteiger partial charge in [0.25, 0.3) is 0 Å². The van der Waals surface area contributed by atoms with Crippen LogP contribution in [0.3, 0.4) is 0 Å². The van der Waals surface area contributed by atoms with Gasteiger partial charge in [0.2, 0.25) is 5.91 Å². The van der Waals surface area contributed by atoms with E-state index in [0.29, 0.717) is 23.1 Å². The van der Waals surface area contributed by atoms with Crippen molar-refractivity contribution in [1.29, 1.82) is 0 Å². The van der Waals surface area contributed by atoms with Crippen molar-refractivity contribution in [1.82, 2.24) is 9.47 Å². The number of halogens is 2. The molecule has 2 aliphatic heterocycles. The lowest BCUT2D eigenvalue weighted by Gasteiger charge is -2.31. The van der Waals surface area contributed by atoms with E-state index >= 15 is 0 Å². The van der Waals surface area contributed by atoms with Crippen molar-refractivity contribution in [3.05, 3.63) is 77.0 Å². The average Bonchev–Trinajstić information content (AvgIpc) is 3.25. The van der Waals surface area contributed by atoms with Gasteiger partial charge in [-0.3, -0.25) is 9.69 Å². The number of ether oxygens (including phenoxy) is 1. The van der Waals surface area contributed by atoms with E-state index in [1.165, 1.54) is 6.07 Å². The predicted octanol–water partition coefficient (Wildman–Crippen LogP) is 4.27. The fourth-order valence-corrected chi connectivity index (χ4v) is 4.75. The number of primary amides is 1. The summed E-state index contributed by atoms with van der Waals surface area (Å²) < 4.78 is 35.9. The quantitative estimate of drug-likeness (QED) is 0.649. The Kier molecular flexibility index (Phi) is 5.53. The molecule has 0 saturated heterocycles. The Morgan fingerprint density at radius 1 is 1.16 bits per heavy atom. The van der Waals surface area contributed by atoms with Crippen LogP contribution in [0.15, 0.2) is 48.7 Å². The number of hydrogen-bond donors (Lipinski definition) is 1. The molecule has 1 atom stereocenters. The summed E-state index contributed by atoms with van der Waals surface area (Å²) in [7, 11) is 0. The molecule has 1 amide bonds. The molecule has 1 unspecified atom stereocenters. The first-order chi connectivity index (χ1) is 15.5. The number of rotatable bonds is 5. The first-order valence-corrected chi connectivity index (χ1v) is 10.9. The fraction of sp³-hybridized carbons (Fsp3) is 0.320. The maximum absolute atomic E-state index is 14.4. The number of fused-ring (bicyclic) bond motifs is 2. The molecule has 2 aliphatic rings. The number of nitrogens with zero attached hydrogens (tertiary/aromatic N) is 2. The van der Waals surface area contributed by atoms with E-state index in [1.807, 2.05) is 24.4 Å². The summed E-state index contributed by atoms with van der Waals surface area (Å²) in [6.07, 6.45) is 6.27. The first kappa shape index (κ1) is 20.8. The Labute approximate surface area is 185 Å². The van der Waals surface area contributed by atoms with Gasteiger partial charge in [0, 0.05) is 48.9 Å². The number of amides is 1. The zero-order chi connectivity index (χ0) is 22.2. The van der Waals surface area contributed by atoms with Gasteiger partial charge in [-0.15, -0.1) is 0 Å². The monoisotopic (exact) mass is 437 g/mol. The van der Waals surface area contributed by atoms with Crippen LogP contribution in [-0.4, -0.2) is 41.6 Å². The van der Waals surface area contributed by atoms with Crippen molar-refractivity contribution in [3.8, 4) is 0 Å². The number of carbonyl (C=O) groups excluding carboxylic acids is 1. The Morgan fingerprint density at radius 3 is 2.81 bits per heavy atom. The second kappa shape index (κ2) is 8.48. The third-order valence-corrected chi connectivity index (χ3v) is 6.50. The van der Waals surface area contributed by atoms with E-state index in [-0.39, 0.29) is 6.10 Å². The SMILES string of the molecule is NC(=O)c1ccc2c(c1)CCOC2CCN1CC=C(n2ccc3ccc(F)c(F)c32)CC1. The smallest absolute Gasteiger partial charge is 0.248 e. The van der Waals surface area contributed by atoms with Gasteiger partial charge in [0.05, 0.1) is 18.2 Å². The number of benzene rings is 2. The molecule has 1 aromatic heterocycles. The zero-order valence-electron chi connectivity index (χ0n) is 17.7. The Hall–Kier alpha value is -3.03. The van der Waals surface area contributed by atoms with Crippen molar-refractivity contribution in [2.75, 3.05) is 26.2 Å². The third-order valence-electron chi connectivity index (χ3n) is 6.50. The van der Waals surface area contributed by atoms with Crippen molar-refractivity contribution in [2.45, 2.75) is 25.4 Å². The van der Waals surface area contributed by atoms with E-state index in [1.54, 1.807) is 16.7 Å². The highest BCUT2D eigenvalue weighted by atomic mass is 19.2. The number of hydrogen-bond acceptors (Lipinski definition) is 3. The summed E-state index contributed by atoms with van der Waals surface area (Å²) in [4.78, 5) is 13.8. The largest absolute Gasteiger partial charge is 0.373 e. The van der Waals surface area contributed by atoms with Gasteiger partial charge in [-0.2, -0.15) is 0 Å². The highest BCUT2D eigenvalue weighted by Gasteiger charge is 2.23. The molecule has 32 heavy (non-hydrogen) atoms. The Morgan fingerprint density at radius 2 is 2.03 bits per heavy atom. The van der Waals surface area contributed by atoms with Crippen molar-refractivity contribution in [2.24, 2.45) is 5.73 Å². The molecule has 5 rings (SSSR count). The van der Waals surface area contributed by atoms with Gasteiger partial charge in [0.1, 0.15) is 0 Å². The molecule has 0 radical (unpaired) electrons. The maximum Gasteiger partial charge on any atom is 0.248 e. The van der Waals surface area contributed by atoms with E-state index in [4.69, 9.17) is 10.5 Å². The summed E-state index contributed by atoms with van der Waals surface area (Å²) in [5, 5.41) is 0.694. The van der Waals surface area contributed by atoms with Crippen LogP contribution in [0, 0.1) is 11.6 Å². The topological polar surface area (TPSA) is 60.5 Å². The van der Waals surface area contributed by atoms with Crippen molar-refractivity contribution < 1.29 is 18.3 Å². The molecule has 5 nitrogen and oxygen atoms in total. The third kappa shape index (κ3) is 3.82. The van der Waals surface area contributed by atoms with Gasteiger partial charge < -0.3 is 15.0 Å². The lowest BCUT2D eigenvalue weighted by molar-refractivity contribution is 0.0299. The minimum absolute atomic E-state index is 0.00323. The molecule has 7 heteroatoms. The van der Waals surface area contributed by atoms with Crippen LogP contribution in [-0.2, 0) is 11.2 Å². The summed E-state index contributed by atoms with van der Waals surface area (Å²) in [5.41, 5.74) is 9.49. The normalized spacial score (nSPS) is 19.1. The van der Waals surface area contributed by atoms with Gasteiger partial charge in [-0.1, -0.05) is 12.1 Å². The molecule has 2 N–H and O–H groups in total. The summed E-state index contributed by atoms with van der Waals surface area (Å²) in [6, 6.07) is 10.2. The van der Waals surface area contributed by atoms with Crippen LogP contribution in [0.4, 0.5) is 8.78 Å². The van der Waals surface area contributed by atoms with E-state index < -0.39 is 17.5 Å². The van der Waals surface area contributed by atoms with Crippen LogP contribution < -0.4 is 5.73 Å². The Bertz CT molecular complexity index is 1220. The Balaban J connectivity index is 1.26. The lowest BCUT2D eigenvalue weighted by atomic mass is 9.93. The highest BCUT2D eigenvalue weighted by molar-refractivity contribution is 5.93. The minimum atomic E-state index is -0.828. The van der Waals surface area contributed by atoms with Crippen molar-refractivity contribution >= 4 is 22.5 Å². The van der Waals surface area contributed by atoms with Gasteiger partial charge >= 0.3 is 0 Å². The fourth-order valence-electron chi connectivity index (χ4n) is 4.75. The molecule has 0 aliphatic carbocycles. The molecular formula is C25H25F2N3O2. The van der Waals surface area contributed by atoms with Crippen LogP contribution >= 0.6 is 0 Å². The molecule has 0 bridgehead atoms. The molecule has 3 aromatic rings. The number of nitrogens with two attached hydrogens (primary N) is 1. The highest BCUT2D eigenvalue weighted by Crippen LogP contribution is 2.31. The van der Waals surface area contributed by atoms with Crippen molar-refractivity contribution in [3.63, 3.8) is 0 Å². The maximum atomic E-state index is 14.4. The van der Waals surface area contributed by atoms with Crippen LogP contribution in [0.5, 0.6) is 0 Å². The molecule has 0 spiro atoms. The lowest BCUT2D eigenvalue weighted by Crippen LogP contribution is -2.32. The number of carbonyl (C=O) groups is 1. The molecule has 166 valence electrons. The van der Waals surface area contributed by atoms with E-state index in [9.17, 15) is 13.6 Å². The zero-order valence-corrected chi connectivity index (χ0v) is 17.7. The molecule has 3 heterocycles. The van der Waals surface area contributed by atoms with Crippen LogP contribution in [0.2, 0.25) is 0 Å². The van der Waals surface area contributed by atoms with Crippen LogP contribution in [0.1, 0.15) is 40.4 Å². The number of aromatic nitrogens is 1. The second-order valence-corrected chi connectivity index (χ2v) is 8.41. The van der Waals surface area contributed by atoms with E-state index in [2.05, 4.69) is 11.0 Å². The molecule has 0 saturated carbocycles. The predicted molar refractivity (Wildman–Crippen MR) is 119 cm³/mol. The summed E-state index contributed by atoms with van der Waals surface area (Å²) >= 11 is 0. The van der Waals surface area contributed by atoms with Gasteiger partial charge in [-0.25, -0.2) is 8.78 Å². The minimum Gasteiger partial charge on any atom is -0.373 e. The van der Waals surface area contributed by atoms with Gasteiger partial charge in [0.15, 0.2) is 11.6 Å². The summed E-state index contributed by atoms with van der Waals surface area (Å²) in [6.45, 7) is 3.07. The molecular weight excluding hydrogens is 412 g/mol. The average molecular weight is 437 g/mol. The standard InChI is InChI=1S/C25H25F2N3O2/c26-21-4-2-16-5-13-30(24(16)23(21)27)19-6-10-29(11-7-19)12-8-22-20-3-1-18(25(28)31)15-17(20)9-14-32-22/h1-6,13,15,22H,7-12,14H2,(H2,28,31). The molecule has 2 aromatic carbocycles. The second-order valence-electron chi connectivity index (χ2n) is 8.41. The first-order valence-electron chi connectivity index (χ1n) is 10.9. The molecule has 0 fully saturated rings. The van der Waals surface area contributed by atoms with E-state index in [0.717, 1.165) is 55.7 Å².